The lowest BCUT2D eigenvalue weighted by atomic mass is 10.2. The highest BCUT2D eigenvalue weighted by atomic mass is 32.2. The Morgan fingerprint density at radius 1 is 1.06 bits per heavy atom. The minimum Gasteiger partial charge on any atom is -0.497 e. The van der Waals surface area contributed by atoms with Gasteiger partial charge in [-0.2, -0.15) is 0 Å². The number of ether oxygens (including phenoxy) is 1. The molecule has 0 saturated carbocycles. The van der Waals surface area contributed by atoms with Crippen molar-refractivity contribution in [3.63, 3.8) is 0 Å². The van der Waals surface area contributed by atoms with Crippen molar-refractivity contribution in [3.8, 4) is 5.75 Å². The van der Waals surface area contributed by atoms with Crippen molar-refractivity contribution in [1.82, 2.24) is 0 Å². The Bertz CT molecular complexity index is 534. The Hall–Kier alpha value is -1.74. The second-order valence-corrected chi connectivity index (χ2v) is 4.55. The van der Waals surface area contributed by atoms with E-state index < -0.39 is 0 Å². The van der Waals surface area contributed by atoms with Gasteiger partial charge in [0.25, 0.3) is 0 Å². The first-order chi connectivity index (χ1) is 8.83. The Kier molecular flexibility index (Phi) is 4.42. The maximum Gasteiger partial charge on any atom is 0.118 e. The molecule has 0 radical (unpaired) electrons. The van der Waals surface area contributed by atoms with E-state index in [-0.39, 0.29) is 0 Å². The first-order valence-corrected chi connectivity index (χ1v) is 6.87. The molecule has 0 bridgehead atoms. The zero-order chi connectivity index (χ0) is 12.8. The normalized spacial score (nSPS) is 10.8. The summed E-state index contributed by atoms with van der Waals surface area (Å²) >= 11 is 1.70. The van der Waals surface area contributed by atoms with E-state index in [1.807, 2.05) is 48.7 Å². The average Bonchev–Trinajstić information content (AvgIpc) is 2.46. The maximum absolute atomic E-state index is 5.12. The number of para-hydroxylation sites is 1. The summed E-state index contributed by atoms with van der Waals surface area (Å²) in [6, 6.07) is 16.0. The van der Waals surface area contributed by atoms with E-state index in [0.29, 0.717) is 0 Å². The minimum absolute atomic E-state index is 0.858. The van der Waals surface area contributed by atoms with Crippen LogP contribution in [0.4, 0.5) is 5.69 Å². The van der Waals surface area contributed by atoms with E-state index in [0.717, 1.165) is 17.0 Å². The molecule has 92 valence electrons. The molecule has 0 fully saturated rings. The van der Waals surface area contributed by atoms with Crippen molar-refractivity contribution in [2.24, 2.45) is 4.99 Å². The molecule has 2 aromatic rings. The molecule has 0 atom stereocenters. The molecule has 18 heavy (non-hydrogen) atoms. The van der Waals surface area contributed by atoms with E-state index in [4.69, 9.17) is 4.74 Å². The number of rotatable bonds is 4. The fourth-order valence-corrected chi connectivity index (χ4v) is 2.12. The summed E-state index contributed by atoms with van der Waals surface area (Å²) in [7, 11) is 1.66. The molecule has 0 amide bonds. The number of aliphatic imine (C=N–C) groups is 1. The van der Waals surface area contributed by atoms with Gasteiger partial charge in [-0.25, -0.2) is 0 Å². The molecular weight excluding hydrogens is 242 g/mol. The van der Waals surface area contributed by atoms with E-state index >= 15 is 0 Å². The summed E-state index contributed by atoms with van der Waals surface area (Å²) in [5.41, 5.74) is 2.06. The molecule has 3 heteroatoms. The van der Waals surface area contributed by atoms with E-state index in [1.54, 1.807) is 18.9 Å². The number of methoxy groups -OCH3 is 1. The summed E-state index contributed by atoms with van der Waals surface area (Å²) in [6.45, 7) is 0. The zero-order valence-corrected chi connectivity index (χ0v) is 11.3. The fourth-order valence-electron chi connectivity index (χ4n) is 1.57. The molecule has 0 unspecified atom stereocenters. The second kappa shape index (κ2) is 6.26. The van der Waals surface area contributed by atoms with Crippen molar-refractivity contribution in [2.75, 3.05) is 13.4 Å². The summed E-state index contributed by atoms with van der Waals surface area (Å²) in [5.74, 6) is 0.858. The number of benzene rings is 2. The van der Waals surface area contributed by atoms with Crippen molar-refractivity contribution >= 4 is 23.7 Å². The number of thioether (sulfide) groups is 1. The largest absolute Gasteiger partial charge is 0.497 e. The lowest BCUT2D eigenvalue weighted by Gasteiger charge is -2.01. The third-order valence-electron chi connectivity index (χ3n) is 2.55. The van der Waals surface area contributed by atoms with Crippen LogP contribution in [0.25, 0.3) is 0 Å². The summed E-state index contributed by atoms with van der Waals surface area (Å²) in [5, 5.41) is 0. The Balaban J connectivity index is 2.19. The van der Waals surface area contributed by atoms with Crippen LogP contribution in [0.5, 0.6) is 5.75 Å². The summed E-state index contributed by atoms with van der Waals surface area (Å²) in [4.78, 5) is 5.70. The van der Waals surface area contributed by atoms with Crippen LogP contribution in [0, 0.1) is 0 Å². The first kappa shape index (κ1) is 12.7. The smallest absolute Gasteiger partial charge is 0.118 e. The van der Waals surface area contributed by atoms with Crippen LogP contribution in [0.2, 0.25) is 0 Å². The van der Waals surface area contributed by atoms with Gasteiger partial charge >= 0.3 is 0 Å². The minimum atomic E-state index is 0.858. The predicted molar refractivity (Wildman–Crippen MR) is 78.5 cm³/mol. The van der Waals surface area contributed by atoms with Crippen LogP contribution >= 0.6 is 11.8 Å². The van der Waals surface area contributed by atoms with Gasteiger partial charge in [0.15, 0.2) is 0 Å². The molecule has 0 saturated heterocycles. The quantitative estimate of drug-likeness (QED) is 0.605. The van der Waals surface area contributed by atoms with E-state index in [2.05, 4.69) is 17.3 Å². The van der Waals surface area contributed by atoms with Crippen molar-refractivity contribution in [3.05, 3.63) is 54.1 Å². The highest BCUT2D eigenvalue weighted by Gasteiger charge is 1.97. The number of hydrogen-bond acceptors (Lipinski definition) is 3. The van der Waals surface area contributed by atoms with Crippen molar-refractivity contribution in [2.45, 2.75) is 4.90 Å². The van der Waals surface area contributed by atoms with Gasteiger partial charge in [-0.1, -0.05) is 12.1 Å². The molecule has 2 rings (SSSR count). The van der Waals surface area contributed by atoms with Gasteiger partial charge in [-0.3, -0.25) is 4.99 Å². The summed E-state index contributed by atoms with van der Waals surface area (Å²) < 4.78 is 5.12. The fraction of sp³-hybridized carbons (Fsp3) is 0.133. The lowest BCUT2D eigenvalue weighted by molar-refractivity contribution is 0.415. The standard InChI is InChI=1S/C15H15NOS/c1-17-13-9-7-12(8-10-13)11-16-14-5-3-4-6-15(14)18-2/h3-11H,1-2H3. The molecule has 0 aliphatic rings. The second-order valence-electron chi connectivity index (χ2n) is 3.70. The SMILES string of the molecule is COc1ccc(C=Nc2ccccc2SC)cc1. The highest BCUT2D eigenvalue weighted by molar-refractivity contribution is 7.98. The van der Waals surface area contributed by atoms with Crippen LogP contribution in [0.3, 0.4) is 0 Å². The van der Waals surface area contributed by atoms with E-state index in [9.17, 15) is 0 Å². The maximum atomic E-state index is 5.12. The van der Waals surface area contributed by atoms with Crippen LogP contribution in [0.15, 0.2) is 58.4 Å². The topological polar surface area (TPSA) is 21.6 Å². The lowest BCUT2D eigenvalue weighted by Crippen LogP contribution is -1.84. The zero-order valence-electron chi connectivity index (χ0n) is 10.5. The molecule has 0 aliphatic heterocycles. The van der Waals surface area contributed by atoms with Crippen LogP contribution in [-0.2, 0) is 0 Å². The molecule has 0 spiro atoms. The molecule has 0 heterocycles. The van der Waals surface area contributed by atoms with Gasteiger partial charge in [-0.15, -0.1) is 11.8 Å². The Labute approximate surface area is 112 Å². The number of nitrogens with zero attached hydrogens (tertiary/aromatic N) is 1. The van der Waals surface area contributed by atoms with Crippen LogP contribution in [-0.4, -0.2) is 19.6 Å². The number of hydrogen-bond donors (Lipinski definition) is 0. The van der Waals surface area contributed by atoms with Crippen molar-refractivity contribution in [1.29, 1.82) is 0 Å². The van der Waals surface area contributed by atoms with Gasteiger partial charge in [0.05, 0.1) is 12.8 Å². The molecule has 0 aliphatic carbocycles. The summed E-state index contributed by atoms with van der Waals surface area (Å²) in [6.07, 6.45) is 3.93. The molecule has 0 aromatic heterocycles. The molecule has 2 aromatic carbocycles. The van der Waals surface area contributed by atoms with Gasteiger partial charge in [0.2, 0.25) is 0 Å². The van der Waals surface area contributed by atoms with E-state index in [1.165, 1.54) is 4.90 Å². The van der Waals surface area contributed by atoms with Gasteiger partial charge in [0, 0.05) is 11.1 Å². The third-order valence-corrected chi connectivity index (χ3v) is 3.34. The predicted octanol–water partition coefficient (Wildman–Crippen LogP) is 4.17. The average molecular weight is 257 g/mol. The highest BCUT2D eigenvalue weighted by Crippen LogP contribution is 2.27. The van der Waals surface area contributed by atoms with Gasteiger partial charge in [0.1, 0.15) is 5.75 Å². The Morgan fingerprint density at radius 3 is 2.44 bits per heavy atom. The van der Waals surface area contributed by atoms with Gasteiger partial charge in [-0.05, 0) is 48.2 Å². The molecule has 0 N–H and O–H groups in total. The van der Waals surface area contributed by atoms with Crippen LogP contribution in [0.1, 0.15) is 5.56 Å². The van der Waals surface area contributed by atoms with Crippen LogP contribution < -0.4 is 4.74 Å². The first-order valence-electron chi connectivity index (χ1n) is 5.64. The van der Waals surface area contributed by atoms with Crippen molar-refractivity contribution < 1.29 is 4.74 Å². The molecular formula is C15H15NOS. The molecule has 2 nitrogen and oxygen atoms in total. The van der Waals surface area contributed by atoms with Gasteiger partial charge < -0.3 is 4.74 Å². The monoisotopic (exact) mass is 257 g/mol. The third kappa shape index (κ3) is 3.14. The Morgan fingerprint density at radius 2 is 1.78 bits per heavy atom.